The number of anilines is 1. The largest absolute Gasteiger partial charge is 0.381 e. The average Bonchev–Trinajstić information content (AvgIpc) is 2.69. The predicted molar refractivity (Wildman–Crippen MR) is 75.9 cm³/mol. The summed E-state index contributed by atoms with van der Waals surface area (Å²) in [6, 6.07) is 0.146. The molecular weight excluding hydrogens is 260 g/mol. The van der Waals surface area contributed by atoms with E-state index in [-0.39, 0.29) is 28.2 Å². The minimum Gasteiger partial charge on any atom is -0.381 e. The molecule has 7 heteroatoms. The highest BCUT2D eigenvalue weighted by atomic mass is 16.6. The van der Waals surface area contributed by atoms with Gasteiger partial charge in [0.2, 0.25) is 5.82 Å². The SMILES string of the molecule is CCn1nc(C)c([N+](=O)[O-])c1NC1CC(OC)C1(C)C. The van der Waals surface area contributed by atoms with Crippen LogP contribution in [0, 0.1) is 22.5 Å². The Morgan fingerprint density at radius 3 is 2.70 bits per heavy atom. The predicted octanol–water partition coefficient (Wildman–Crippen LogP) is 2.35. The lowest BCUT2D eigenvalue weighted by molar-refractivity contribution is -0.384. The zero-order valence-corrected chi connectivity index (χ0v) is 12.6. The third-order valence-corrected chi connectivity index (χ3v) is 4.35. The van der Waals surface area contributed by atoms with E-state index in [2.05, 4.69) is 24.3 Å². The summed E-state index contributed by atoms with van der Waals surface area (Å²) in [5.74, 6) is 0.502. The Morgan fingerprint density at radius 2 is 2.25 bits per heavy atom. The molecule has 2 atom stereocenters. The summed E-state index contributed by atoms with van der Waals surface area (Å²) in [6.45, 7) is 8.39. The van der Waals surface area contributed by atoms with Crippen LogP contribution >= 0.6 is 0 Å². The van der Waals surface area contributed by atoms with Crippen molar-refractivity contribution in [2.45, 2.75) is 52.8 Å². The van der Waals surface area contributed by atoms with Crippen molar-refractivity contribution >= 4 is 11.5 Å². The molecule has 1 N–H and O–H groups in total. The number of nitrogens with zero attached hydrogens (tertiary/aromatic N) is 3. The number of methoxy groups -OCH3 is 1. The van der Waals surface area contributed by atoms with E-state index in [1.807, 2.05) is 6.92 Å². The summed E-state index contributed by atoms with van der Waals surface area (Å²) in [5, 5.41) is 18.8. The van der Waals surface area contributed by atoms with E-state index >= 15 is 0 Å². The van der Waals surface area contributed by atoms with E-state index in [1.165, 1.54) is 0 Å². The second-order valence-electron chi connectivity index (χ2n) is 5.83. The van der Waals surface area contributed by atoms with Crippen molar-refractivity contribution in [3.8, 4) is 0 Å². The fourth-order valence-electron chi connectivity index (χ4n) is 2.86. The molecule has 1 aromatic rings. The first-order valence-corrected chi connectivity index (χ1v) is 6.84. The molecule has 2 rings (SSSR count). The molecule has 2 unspecified atom stereocenters. The van der Waals surface area contributed by atoms with Gasteiger partial charge in [-0.05, 0) is 20.3 Å². The first kappa shape index (κ1) is 14.8. The monoisotopic (exact) mass is 282 g/mol. The molecule has 0 aliphatic heterocycles. The number of hydrogen-bond acceptors (Lipinski definition) is 5. The van der Waals surface area contributed by atoms with E-state index in [4.69, 9.17) is 4.74 Å². The Labute approximate surface area is 118 Å². The van der Waals surface area contributed by atoms with Crippen LogP contribution in [0.3, 0.4) is 0 Å². The van der Waals surface area contributed by atoms with Crippen molar-refractivity contribution in [3.05, 3.63) is 15.8 Å². The maximum Gasteiger partial charge on any atom is 0.333 e. The average molecular weight is 282 g/mol. The van der Waals surface area contributed by atoms with E-state index in [9.17, 15) is 10.1 Å². The molecule has 0 radical (unpaired) electrons. The van der Waals surface area contributed by atoms with Gasteiger partial charge in [0.15, 0.2) is 0 Å². The quantitative estimate of drug-likeness (QED) is 0.662. The summed E-state index contributed by atoms with van der Waals surface area (Å²) in [6.07, 6.45) is 1.02. The zero-order chi connectivity index (χ0) is 15.1. The third kappa shape index (κ3) is 2.15. The lowest BCUT2D eigenvalue weighted by Crippen LogP contribution is -2.57. The molecule has 20 heavy (non-hydrogen) atoms. The highest BCUT2D eigenvalue weighted by molar-refractivity contribution is 5.60. The van der Waals surface area contributed by atoms with Crippen LogP contribution < -0.4 is 5.32 Å². The Balaban J connectivity index is 2.28. The molecule has 1 saturated carbocycles. The topological polar surface area (TPSA) is 82.2 Å². The first-order valence-electron chi connectivity index (χ1n) is 6.84. The number of nitrogens with one attached hydrogen (secondary N) is 1. The molecule has 0 bridgehead atoms. The molecule has 112 valence electrons. The van der Waals surface area contributed by atoms with Crippen LogP contribution in [-0.2, 0) is 11.3 Å². The third-order valence-electron chi connectivity index (χ3n) is 4.35. The second kappa shape index (κ2) is 5.05. The molecule has 1 fully saturated rings. The van der Waals surface area contributed by atoms with Crippen LogP contribution in [0.1, 0.15) is 32.9 Å². The van der Waals surface area contributed by atoms with Crippen LogP contribution in [-0.4, -0.2) is 34.0 Å². The highest BCUT2D eigenvalue weighted by Crippen LogP contribution is 2.45. The van der Waals surface area contributed by atoms with Gasteiger partial charge in [0.1, 0.15) is 5.69 Å². The molecule has 0 spiro atoms. The number of nitro groups is 1. The Morgan fingerprint density at radius 1 is 1.60 bits per heavy atom. The zero-order valence-electron chi connectivity index (χ0n) is 12.6. The minimum atomic E-state index is -0.365. The van der Waals surface area contributed by atoms with Gasteiger partial charge >= 0.3 is 5.69 Å². The van der Waals surface area contributed by atoms with Crippen molar-refractivity contribution in [2.75, 3.05) is 12.4 Å². The van der Waals surface area contributed by atoms with Crippen LogP contribution in [0.15, 0.2) is 0 Å². The minimum absolute atomic E-state index is 0.0562. The highest BCUT2D eigenvalue weighted by Gasteiger charge is 2.49. The summed E-state index contributed by atoms with van der Waals surface area (Å²) >= 11 is 0. The maximum absolute atomic E-state index is 11.2. The maximum atomic E-state index is 11.2. The Kier molecular flexibility index (Phi) is 3.73. The fraction of sp³-hybridized carbons (Fsp3) is 0.769. The molecule has 0 aromatic carbocycles. The normalized spacial score (nSPS) is 24.2. The van der Waals surface area contributed by atoms with Crippen molar-refractivity contribution in [3.63, 3.8) is 0 Å². The smallest absolute Gasteiger partial charge is 0.333 e. The van der Waals surface area contributed by atoms with E-state index in [0.29, 0.717) is 18.1 Å². The standard InChI is InChI=1S/C13H22N4O3/c1-6-16-12(11(17(18)19)8(2)15-16)14-9-7-10(20-5)13(9,3)4/h9-10,14H,6-7H2,1-5H3. The molecule has 1 aromatic heterocycles. The molecule has 1 aliphatic rings. The van der Waals surface area contributed by atoms with Gasteiger partial charge < -0.3 is 10.1 Å². The lowest BCUT2D eigenvalue weighted by Gasteiger charge is -2.51. The van der Waals surface area contributed by atoms with E-state index in [0.717, 1.165) is 6.42 Å². The summed E-state index contributed by atoms with van der Waals surface area (Å²) in [4.78, 5) is 10.9. The van der Waals surface area contributed by atoms with E-state index < -0.39 is 0 Å². The first-order chi connectivity index (χ1) is 9.32. The van der Waals surface area contributed by atoms with Crippen molar-refractivity contribution in [1.29, 1.82) is 0 Å². The van der Waals surface area contributed by atoms with Gasteiger partial charge in [-0.1, -0.05) is 13.8 Å². The van der Waals surface area contributed by atoms with Crippen LogP contribution in [0.2, 0.25) is 0 Å². The fourth-order valence-corrected chi connectivity index (χ4v) is 2.86. The van der Waals surface area contributed by atoms with Crippen molar-refractivity contribution in [1.82, 2.24) is 9.78 Å². The van der Waals surface area contributed by atoms with E-state index in [1.54, 1.807) is 18.7 Å². The van der Waals surface area contributed by atoms with Gasteiger partial charge in [-0.15, -0.1) is 0 Å². The summed E-state index contributed by atoms with van der Waals surface area (Å²) in [5.41, 5.74) is 0.461. The van der Waals surface area contributed by atoms with Gasteiger partial charge in [-0.2, -0.15) is 5.10 Å². The van der Waals surface area contributed by atoms with Crippen LogP contribution in [0.4, 0.5) is 11.5 Å². The molecule has 0 amide bonds. The number of rotatable bonds is 5. The number of aryl methyl sites for hydroxylation is 2. The molecule has 7 nitrogen and oxygen atoms in total. The number of hydrogen-bond donors (Lipinski definition) is 1. The van der Waals surface area contributed by atoms with Crippen LogP contribution in [0.25, 0.3) is 0 Å². The van der Waals surface area contributed by atoms with Gasteiger partial charge in [-0.3, -0.25) is 10.1 Å². The molecular formula is C13H22N4O3. The summed E-state index contributed by atoms with van der Waals surface area (Å²) < 4.78 is 7.07. The van der Waals surface area contributed by atoms with Crippen LogP contribution in [0.5, 0.6) is 0 Å². The second-order valence-corrected chi connectivity index (χ2v) is 5.83. The van der Waals surface area contributed by atoms with Gasteiger partial charge in [0.25, 0.3) is 0 Å². The summed E-state index contributed by atoms with van der Waals surface area (Å²) in [7, 11) is 1.70. The number of aromatic nitrogens is 2. The molecule has 0 saturated heterocycles. The van der Waals surface area contributed by atoms with Gasteiger partial charge in [-0.25, -0.2) is 4.68 Å². The van der Waals surface area contributed by atoms with Crippen molar-refractivity contribution < 1.29 is 9.66 Å². The molecule has 1 heterocycles. The molecule has 1 aliphatic carbocycles. The lowest BCUT2D eigenvalue weighted by atomic mass is 9.64. The Bertz CT molecular complexity index is 524. The van der Waals surface area contributed by atoms with Crippen molar-refractivity contribution in [2.24, 2.45) is 5.41 Å². The Hall–Kier alpha value is -1.63. The van der Waals surface area contributed by atoms with Gasteiger partial charge in [0.05, 0.1) is 11.0 Å². The number of ether oxygens (including phenoxy) is 1. The van der Waals surface area contributed by atoms with Gasteiger partial charge in [0, 0.05) is 25.1 Å².